The molecule has 0 amide bonds. The van der Waals surface area contributed by atoms with Gasteiger partial charge in [-0.15, -0.1) is 0 Å². The quantitative estimate of drug-likeness (QED) is 0.900. The van der Waals surface area contributed by atoms with Crippen LogP contribution in [0.15, 0.2) is 42.5 Å². The van der Waals surface area contributed by atoms with Crippen LogP contribution in [0.5, 0.6) is 0 Å². The van der Waals surface area contributed by atoms with Crippen LogP contribution in [-0.4, -0.2) is 11.9 Å². The molecule has 2 nitrogen and oxygen atoms in total. The standard InChI is InChI=1S/C17H20ClFN2/c1-12(15-8-3-4-9-16(15)18)21(2)11-14-7-5-6-13(10-20)17(14)19/h3-9,12H,10-11,20H2,1-2H3. The Kier molecular flexibility index (Phi) is 5.34. The fourth-order valence-electron chi connectivity index (χ4n) is 2.37. The minimum Gasteiger partial charge on any atom is -0.326 e. The number of hydrogen-bond donors (Lipinski definition) is 1. The molecule has 21 heavy (non-hydrogen) atoms. The van der Waals surface area contributed by atoms with Crippen molar-refractivity contribution in [2.24, 2.45) is 5.73 Å². The maximum atomic E-state index is 14.2. The summed E-state index contributed by atoms with van der Waals surface area (Å²) < 4.78 is 14.2. The van der Waals surface area contributed by atoms with E-state index in [1.165, 1.54) is 0 Å². The van der Waals surface area contributed by atoms with E-state index >= 15 is 0 Å². The molecule has 0 aliphatic rings. The van der Waals surface area contributed by atoms with Crippen molar-refractivity contribution in [3.8, 4) is 0 Å². The van der Waals surface area contributed by atoms with E-state index in [-0.39, 0.29) is 18.4 Å². The van der Waals surface area contributed by atoms with Crippen LogP contribution in [0.2, 0.25) is 5.02 Å². The molecule has 0 aromatic heterocycles. The van der Waals surface area contributed by atoms with Gasteiger partial charge in [0, 0.05) is 35.3 Å². The highest BCUT2D eigenvalue weighted by atomic mass is 35.5. The van der Waals surface area contributed by atoms with Crippen LogP contribution >= 0.6 is 11.6 Å². The Labute approximate surface area is 130 Å². The number of nitrogens with zero attached hydrogens (tertiary/aromatic N) is 1. The predicted octanol–water partition coefficient (Wildman–Crippen LogP) is 4.13. The van der Waals surface area contributed by atoms with Crippen LogP contribution in [0.4, 0.5) is 4.39 Å². The van der Waals surface area contributed by atoms with Gasteiger partial charge in [-0.05, 0) is 25.6 Å². The van der Waals surface area contributed by atoms with Gasteiger partial charge < -0.3 is 5.73 Å². The number of rotatable bonds is 5. The van der Waals surface area contributed by atoms with E-state index < -0.39 is 0 Å². The molecule has 1 atom stereocenters. The lowest BCUT2D eigenvalue weighted by atomic mass is 10.1. The molecule has 2 rings (SSSR count). The van der Waals surface area contributed by atoms with Crippen LogP contribution in [-0.2, 0) is 13.1 Å². The van der Waals surface area contributed by atoms with Crippen molar-refractivity contribution in [3.05, 3.63) is 70.0 Å². The van der Waals surface area contributed by atoms with Crippen LogP contribution < -0.4 is 5.73 Å². The van der Waals surface area contributed by atoms with Gasteiger partial charge >= 0.3 is 0 Å². The summed E-state index contributed by atoms with van der Waals surface area (Å²) in [7, 11) is 1.96. The van der Waals surface area contributed by atoms with E-state index in [1.807, 2.05) is 37.4 Å². The summed E-state index contributed by atoms with van der Waals surface area (Å²) in [5, 5.41) is 0.730. The lowest BCUT2D eigenvalue weighted by Gasteiger charge is -2.26. The summed E-state index contributed by atoms with van der Waals surface area (Å²) in [6.07, 6.45) is 0. The number of halogens is 2. The first kappa shape index (κ1) is 16.0. The molecule has 4 heteroatoms. The second-order valence-electron chi connectivity index (χ2n) is 5.21. The highest BCUT2D eigenvalue weighted by Gasteiger charge is 2.16. The van der Waals surface area contributed by atoms with Crippen LogP contribution in [0.3, 0.4) is 0 Å². The summed E-state index contributed by atoms with van der Waals surface area (Å²) in [6.45, 7) is 2.78. The predicted molar refractivity (Wildman–Crippen MR) is 85.6 cm³/mol. The van der Waals surface area contributed by atoms with Crippen molar-refractivity contribution in [2.45, 2.75) is 26.1 Å². The summed E-state index contributed by atoms with van der Waals surface area (Å²) in [5.74, 6) is -0.210. The fraction of sp³-hybridized carbons (Fsp3) is 0.294. The smallest absolute Gasteiger partial charge is 0.132 e. The summed E-state index contributed by atoms with van der Waals surface area (Å²) in [6, 6.07) is 13.2. The highest BCUT2D eigenvalue weighted by molar-refractivity contribution is 6.31. The maximum Gasteiger partial charge on any atom is 0.132 e. The molecule has 0 saturated heterocycles. The Bertz CT molecular complexity index is 615. The molecule has 2 N–H and O–H groups in total. The molecule has 0 radical (unpaired) electrons. The molecule has 0 heterocycles. The zero-order valence-electron chi connectivity index (χ0n) is 12.3. The molecule has 0 spiro atoms. The minimum atomic E-state index is -0.210. The Morgan fingerprint density at radius 2 is 1.81 bits per heavy atom. The van der Waals surface area contributed by atoms with Gasteiger partial charge in [0.25, 0.3) is 0 Å². The second kappa shape index (κ2) is 7.03. The van der Waals surface area contributed by atoms with E-state index in [0.717, 1.165) is 10.6 Å². The molecule has 0 saturated carbocycles. The molecule has 1 unspecified atom stereocenters. The van der Waals surface area contributed by atoms with E-state index in [2.05, 4.69) is 11.8 Å². The average Bonchev–Trinajstić information content (AvgIpc) is 2.49. The normalized spacial score (nSPS) is 12.7. The lowest BCUT2D eigenvalue weighted by Crippen LogP contribution is -2.23. The summed E-state index contributed by atoms with van der Waals surface area (Å²) in [4.78, 5) is 2.07. The first-order valence-corrected chi connectivity index (χ1v) is 7.33. The fourth-order valence-corrected chi connectivity index (χ4v) is 2.66. The van der Waals surface area contributed by atoms with E-state index in [1.54, 1.807) is 12.1 Å². The summed E-state index contributed by atoms with van der Waals surface area (Å²) in [5.41, 5.74) is 7.79. The first-order valence-electron chi connectivity index (χ1n) is 6.95. The second-order valence-corrected chi connectivity index (χ2v) is 5.61. The minimum absolute atomic E-state index is 0.0969. The maximum absolute atomic E-state index is 14.2. The van der Waals surface area contributed by atoms with Gasteiger partial charge in [-0.1, -0.05) is 48.0 Å². The first-order chi connectivity index (χ1) is 10.0. The van der Waals surface area contributed by atoms with Crippen LogP contribution in [0.1, 0.15) is 29.7 Å². The van der Waals surface area contributed by atoms with Crippen molar-refractivity contribution in [2.75, 3.05) is 7.05 Å². The van der Waals surface area contributed by atoms with Crippen molar-refractivity contribution in [1.82, 2.24) is 4.90 Å². The number of benzene rings is 2. The molecule has 0 bridgehead atoms. The highest BCUT2D eigenvalue weighted by Crippen LogP contribution is 2.27. The Morgan fingerprint density at radius 1 is 1.14 bits per heavy atom. The topological polar surface area (TPSA) is 29.3 Å². The monoisotopic (exact) mass is 306 g/mol. The van der Waals surface area contributed by atoms with Gasteiger partial charge in [0.2, 0.25) is 0 Å². The Morgan fingerprint density at radius 3 is 2.48 bits per heavy atom. The van der Waals surface area contributed by atoms with Crippen molar-refractivity contribution in [1.29, 1.82) is 0 Å². The third-order valence-corrected chi connectivity index (χ3v) is 4.16. The van der Waals surface area contributed by atoms with Gasteiger partial charge in [0.05, 0.1) is 0 Å². The molecule has 0 fully saturated rings. The summed E-state index contributed by atoms with van der Waals surface area (Å²) >= 11 is 6.23. The molecular formula is C17H20ClFN2. The van der Waals surface area contributed by atoms with Crippen molar-refractivity contribution in [3.63, 3.8) is 0 Å². The molecular weight excluding hydrogens is 287 g/mol. The van der Waals surface area contributed by atoms with E-state index in [4.69, 9.17) is 17.3 Å². The van der Waals surface area contributed by atoms with Crippen LogP contribution in [0.25, 0.3) is 0 Å². The van der Waals surface area contributed by atoms with Gasteiger partial charge in [-0.3, -0.25) is 4.90 Å². The Hall–Kier alpha value is -1.42. The third-order valence-electron chi connectivity index (χ3n) is 3.81. The van der Waals surface area contributed by atoms with Crippen molar-refractivity contribution >= 4 is 11.6 Å². The van der Waals surface area contributed by atoms with Crippen molar-refractivity contribution < 1.29 is 4.39 Å². The molecule has 2 aromatic carbocycles. The molecule has 2 aromatic rings. The largest absolute Gasteiger partial charge is 0.326 e. The zero-order valence-corrected chi connectivity index (χ0v) is 13.1. The van der Waals surface area contributed by atoms with Crippen LogP contribution in [0, 0.1) is 5.82 Å². The molecule has 0 aliphatic heterocycles. The zero-order chi connectivity index (χ0) is 15.4. The van der Waals surface area contributed by atoms with E-state index in [0.29, 0.717) is 17.7 Å². The molecule has 0 aliphatic carbocycles. The van der Waals surface area contributed by atoms with Gasteiger partial charge in [0.15, 0.2) is 0 Å². The van der Waals surface area contributed by atoms with E-state index in [9.17, 15) is 4.39 Å². The van der Waals surface area contributed by atoms with Gasteiger partial charge in [0.1, 0.15) is 5.82 Å². The SMILES string of the molecule is CC(c1ccccc1Cl)N(C)Cc1cccc(CN)c1F. The van der Waals surface area contributed by atoms with Gasteiger partial charge in [-0.2, -0.15) is 0 Å². The Balaban J connectivity index is 2.18. The third kappa shape index (κ3) is 3.62. The van der Waals surface area contributed by atoms with Gasteiger partial charge in [-0.25, -0.2) is 4.39 Å². The average molecular weight is 307 g/mol. The number of hydrogen-bond acceptors (Lipinski definition) is 2. The lowest BCUT2D eigenvalue weighted by molar-refractivity contribution is 0.249. The molecule has 112 valence electrons. The number of nitrogens with two attached hydrogens (primary N) is 1.